The van der Waals surface area contributed by atoms with Crippen LogP contribution in [0.1, 0.15) is 40.5 Å². The molecule has 2 saturated heterocycles. The molecule has 2 aliphatic rings. The first-order valence-electron chi connectivity index (χ1n) is 9.35. The molecule has 2 fully saturated rings. The van der Waals surface area contributed by atoms with Gasteiger partial charge in [0, 0.05) is 38.8 Å². The lowest BCUT2D eigenvalue weighted by Crippen LogP contribution is -2.51. The summed E-state index contributed by atoms with van der Waals surface area (Å²) in [5.41, 5.74) is -0.681. The van der Waals surface area contributed by atoms with E-state index in [2.05, 4.69) is 28.5 Å². The minimum Gasteiger partial charge on any atom is -0.303 e. The number of rotatable bonds is 5. The van der Waals surface area contributed by atoms with Gasteiger partial charge in [-0.3, -0.25) is 4.90 Å². The van der Waals surface area contributed by atoms with Gasteiger partial charge in [-0.25, -0.2) is 0 Å². The second-order valence-corrected chi connectivity index (χ2v) is 8.47. The predicted molar refractivity (Wildman–Crippen MR) is 92.1 cm³/mol. The van der Waals surface area contributed by atoms with Crippen LogP contribution in [0.5, 0.6) is 0 Å². The van der Waals surface area contributed by atoms with Gasteiger partial charge in [0.15, 0.2) is 0 Å². The van der Waals surface area contributed by atoms with E-state index in [1.54, 1.807) is 13.8 Å². The van der Waals surface area contributed by atoms with Crippen molar-refractivity contribution in [3.8, 4) is 0 Å². The summed E-state index contributed by atoms with van der Waals surface area (Å²) in [4.78, 5) is 7.22. The van der Waals surface area contributed by atoms with Crippen LogP contribution in [0, 0.1) is 11.3 Å². The summed E-state index contributed by atoms with van der Waals surface area (Å²) in [6.45, 7) is 15.6. The van der Waals surface area contributed by atoms with Crippen LogP contribution in [0.4, 0.5) is 13.2 Å². The Balaban J connectivity index is 1.69. The van der Waals surface area contributed by atoms with E-state index >= 15 is 0 Å². The highest BCUT2D eigenvalue weighted by atomic mass is 19.4. The molecule has 0 aromatic heterocycles. The highest BCUT2D eigenvalue weighted by Gasteiger charge is 2.50. The van der Waals surface area contributed by atoms with Crippen molar-refractivity contribution in [1.29, 1.82) is 0 Å². The average molecular weight is 349 g/mol. The zero-order valence-electron chi connectivity index (χ0n) is 15.7. The number of halogens is 3. The zero-order chi connectivity index (χ0) is 18.0. The van der Waals surface area contributed by atoms with Gasteiger partial charge >= 0.3 is 6.18 Å². The van der Waals surface area contributed by atoms with Gasteiger partial charge in [0.1, 0.15) is 0 Å². The SMILES string of the molecule is CC(C)N1CCN(CCCN2CC[C@@H](C(F)(F)F)C(C)(C)C2)CC1. The molecule has 0 spiro atoms. The van der Waals surface area contributed by atoms with Crippen molar-refractivity contribution in [3.05, 3.63) is 0 Å². The molecule has 2 aliphatic heterocycles. The standard InChI is InChI=1S/C18H34F3N3/c1-15(2)24-12-10-22(11-13-24)7-5-8-23-9-6-16(18(19,20)21)17(3,4)14-23/h15-16H,5-14H2,1-4H3/t16-/m1/s1. The molecule has 2 rings (SSSR count). The first-order chi connectivity index (χ1) is 11.1. The van der Waals surface area contributed by atoms with Crippen molar-refractivity contribution in [2.75, 3.05) is 52.4 Å². The number of nitrogens with zero attached hydrogens (tertiary/aromatic N) is 3. The Hall–Kier alpha value is -0.330. The Morgan fingerprint density at radius 3 is 2.04 bits per heavy atom. The van der Waals surface area contributed by atoms with Crippen LogP contribution in [0.2, 0.25) is 0 Å². The molecule has 0 aromatic rings. The molecule has 0 aliphatic carbocycles. The number of piperazine rings is 1. The van der Waals surface area contributed by atoms with Gasteiger partial charge in [-0.15, -0.1) is 0 Å². The fraction of sp³-hybridized carbons (Fsp3) is 1.00. The lowest BCUT2D eigenvalue weighted by molar-refractivity contribution is -0.216. The summed E-state index contributed by atoms with van der Waals surface area (Å²) in [5.74, 6) is -1.16. The van der Waals surface area contributed by atoms with Crippen LogP contribution in [-0.4, -0.2) is 79.3 Å². The third-order valence-corrected chi connectivity index (χ3v) is 5.79. The minimum absolute atomic E-state index is 0.240. The van der Waals surface area contributed by atoms with Crippen LogP contribution < -0.4 is 0 Å². The maximum Gasteiger partial charge on any atom is 0.392 e. The van der Waals surface area contributed by atoms with Gasteiger partial charge in [0.25, 0.3) is 0 Å². The van der Waals surface area contributed by atoms with Crippen LogP contribution in [0.15, 0.2) is 0 Å². The lowest BCUT2D eigenvalue weighted by atomic mass is 9.73. The van der Waals surface area contributed by atoms with Crippen molar-refractivity contribution in [2.45, 2.75) is 52.8 Å². The van der Waals surface area contributed by atoms with E-state index in [1.165, 1.54) is 0 Å². The normalized spacial score (nSPS) is 27.8. The van der Waals surface area contributed by atoms with E-state index < -0.39 is 17.5 Å². The predicted octanol–water partition coefficient (Wildman–Crippen LogP) is 3.31. The summed E-state index contributed by atoms with van der Waals surface area (Å²) in [6.07, 6.45) is -2.77. The van der Waals surface area contributed by atoms with E-state index in [0.29, 0.717) is 19.1 Å². The average Bonchev–Trinajstić information content (AvgIpc) is 2.45. The van der Waals surface area contributed by atoms with Gasteiger partial charge in [0.05, 0.1) is 5.92 Å². The van der Waals surface area contributed by atoms with Crippen LogP contribution in [0.25, 0.3) is 0 Å². The molecular formula is C18H34F3N3. The van der Waals surface area contributed by atoms with E-state index in [1.807, 2.05) is 0 Å². The molecule has 3 nitrogen and oxygen atoms in total. The maximum absolute atomic E-state index is 13.1. The summed E-state index contributed by atoms with van der Waals surface area (Å²) in [6, 6.07) is 0.615. The molecule has 0 amide bonds. The number of hydrogen-bond acceptors (Lipinski definition) is 3. The van der Waals surface area contributed by atoms with E-state index in [9.17, 15) is 13.2 Å². The summed E-state index contributed by atoms with van der Waals surface area (Å²) in [5, 5.41) is 0. The Kier molecular flexibility index (Phi) is 6.59. The molecule has 0 aromatic carbocycles. The van der Waals surface area contributed by atoms with Crippen LogP contribution >= 0.6 is 0 Å². The molecule has 142 valence electrons. The second kappa shape index (κ2) is 7.92. The van der Waals surface area contributed by atoms with Gasteiger partial charge in [-0.1, -0.05) is 13.8 Å². The monoisotopic (exact) mass is 349 g/mol. The van der Waals surface area contributed by atoms with Crippen molar-refractivity contribution in [3.63, 3.8) is 0 Å². The van der Waals surface area contributed by atoms with E-state index in [0.717, 1.165) is 45.7 Å². The summed E-state index contributed by atoms with van der Waals surface area (Å²) >= 11 is 0. The first kappa shape index (κ1) is 20.0. The Morgan fingerprint density at radius 1 is 0.958 bits per heavy atom. The van der Waals surface area contributed by atoms with Crippen LogP contribution in [-0.2, 0) is 0 Å². The minimum atomic E-state index is -4.06. The van der Waals surface area contributed by atoms with Crippen molar-refractivity contribution in [1.82, 2.24) is 14.7 Å². The number of hydrogen-bond donors (Lipinski definition) is 0. The van der Waals surface area contributed by atoms with Gasteiger partial charge in [-0.2, -0.15) is 13.2 Å². The fourth-order valence-electron chi connectivity index (χ4n) is 4.29. The quantitative estimate of drug-likeness (QED) is 0.754. The largest absolute Gasteiger partial charge is 0.392 e. The van der Waals surface area contributed by atoms with Crippen molar-refractivity contribution < 1.29 is 13.2 Å². The maximum atomic E-state index is 13.1. The number of likely N-dealkylation sites (tertiary alicyclic amines) is 1. The van der Waals surface area contributed by atoms with Gasteiger partial charge in [-0.05, 0) is 51.7 Å². The van der Waals surface area contributed by atoms with Crippen molar-refractivity contribution >= 4 is 0 Å². The Bertz CT molecular complexity index is 387. The van der Waals surface area contributed by atoms with Gasteiger partial charge in [0.2, 0.25) is 0 Å². The third kappa shape index (κ3) is 5.33. The molecule has 6 heteroatoms. The number of alkyl halides is 3. The van der Waals surface area contributed by atoms with Crippen LogP contribution in [0.3, 0.4) is 0 Å². The zero-order valence-corrected chi connectivity index (χ0v) is 15.7. The molecule has 24 heavy (non-hydrogen) atoms. The van der Waals surface area contributed by atoms with E-state index in [4.69, 9.17) is 0 Å². The summed E-state index contributed by atoms with van der Waals surface area (Å²) in [7, 11) is 0. The Morgan fingerprint density at radius 2 is 1.54 bits per heavy atom. The highest BCUT2D eigenvalue weighted by Crippen LogP contribution is 2.44. The van der Waals surface area contributed by atoms with E-state index in [-0.39, 0.29) is 6.42 Å². The second-order valence-electron chi connectivity index (χ2n) is 8.47. The topological polar surface area (TPSA) is 9.72 Å². The molecule has 0 radical (unpaired) electrons. The first-order valence-corrected chi connectivity index (χ1v) is 9.35. The third-order valence-electron chi connectivity index (χ3n) is 5.79. The number of piperidine rings is 1. The molecule has 0 N–H and O–H groups in total. The highest BCUT2D eigenvalue weighted by molar-refractivity contribution is 4.90. The molecule has 0 saturated carbocycles. The molecule has 2 heterocycles. The fourth-order valence-corrected chi connectivity index (χ4v) is 4.29. The molecule has 1 atom stereocenters. The molecule has 0 unspecified atom stereocenters. The van der Waals surface area contributed by atoms with Crippen molar-refractivity contribution in [2.24, 2.45) is 11.3 Å². The smallest absolute Gasteiger partial charge is 0.303 e. The Labute approximate surface area is 145 Å². The molecule has 0 bridgehead atoms. The van der Waals surface area contributed by atoms with Gasteiger partial charge < -0.3 is 9.80 Å². The summed E-state index contributed by atoms with van der Waals surface area (Å²) < 4.78 is 39.4. The molecular weight excluding hydrogens is 315 g/mol. The lowest BCUT2D eigenvalue weighted by Gasteiger charge is -2.45.